The molecule has 13 unspecified atom stereocenters. The Labute approximate surface area is 252 Å². The Morgan fingerprint density at radius 3 is 1.93 bits per heavy atom. The molecule has 0 aliphatic heterocycles. The second-order valence-electron chi connectivity index (χ2n) is 19.0. The highest BCUT2D eigenvalue weighted by atomic mass is 14.7. The van der Waals surface area contributed by atoms with Gasteiger partial charge < -0.3 is 0 Å². The van der Waals surface area contributed by atoms with Gasteiger partial charge in [-0.15, -0.1) is 0 Å². The fourth-order valence-electron chi connectivity index (χ4n) is 14.8. The van der Waals surface area contributed by atoms with Gasteiger partial charge in [0.05, 0.1) is 0 Å². The molecule has 0 amide bonds. The Bertz CT molecular complexity index is 861. The van der Waals surface area contributed by atoms with Gasteiger partial charge in [-0.05, 0) is 144 Å². The van der Waals surface area contributed by atoms with Crippen LogP contribution in [0.25, 0.3) is 0 Å². The molecule has 0 aromatic rings. The van der Waals surface area contributed by atoms with E-state index < -0.39 is 0 Å². The first-order chi connectivity index (χ1) is 18.6. The van der Waals surface area contributed by atoms with Crippen molar-refractivity contribution in [2.75, 3.05) is 0 Å². The van der Waals surface area contributed by atoms with E-state index in [4.69, 9.17) is 0 Å². The maximum atomic E-state index is 2.82. The second-order valence-corrected chi connectivity index (χ2v) is 19.0. The summed E-state index contributed by atoms with van der Waals surface area (Å²) in [5.41, 5.74) is 1.48. The molecule has 5 aliphatic carbocycles. The Kier molecular flexibility index (Phi) is 8.78. The van der Waals surface area contributed by atoms with Crippen LogP contribution >= 0.6 is 0 Å². The van der Waals surface area contributed by atoms with Gasteiger partial charge in [0.2, 0.25) is 0 Å². The minimum Gasteiger partial charge on any atom is -0.0625 e. The van der Waals surface area contributed by atoms with Crippen LogP contribution in [0, 0.1) is 99.1 Å². The van der Waals surface area contributed by atoms with E-state index in [9.17, 15) is 0 Å². The van der Waals surface area contributed by atoms with Crippen molar-refractivity contribution in [3.8, 4) is 0 Å². The van der Waals surface area contributed by atoms with Gasteiger partial charge in [-0.25, -0.2) is 0 Å². The lowest BCUT2D eigenvalue weighted by atomic mass is 9.32. The highest BCUT2D eigenvalue weighted by Crippen LogP contribution is 2.75. The molecule has 5 fully saturated rings. The van der Waals surface area contributed by atoms with Crippen LogP contribution in [0.5, 0.6) is 0 Å². The van der Waals surface area contributed by atoms with Gasteiger partial charge in [-0.3, -0.25) is 0 Å². The van der Waals surface area contributed by atoms with E-state index in [0.717, 1.165) is 82.9 Å². The van der Waals surface area contributed by atoms with E-state index in [1.54, 1.807) is 19.3 Å². The van der Waals surface area contributed by atoms with Crippen LogP contribution < -0.4 is 0 Å². The Morgan fingerprint density at radius 2 is 1.32 bits per heavy atom. The monoisotopic (exact) mass is 553 g/mol. The molecule has 5 saturated carbocycles. The minimum atomic E-state index is 0.464. The zero-order valence-electron chi connectivity index (χ0n) is 29.4. The molecule has 0 N–H and O–H groups in total. The molecule has 0 nitrogen and oxygen atoms in total. The largest absolute Gasteiger partial charge is 0.0625 e. The third-order valence-corrected chi connectivity index (χ3v) is 16.5. The van der Waals surface area contributed by atoms with Crippen molar-refractivity contribution in [1.29, 1.82) is 0 Å². The van der Waals surface area contributed by atoms with Gasteiger partial charge in [-0.1, -0.05) is 109 Å². The average molecular weight is 553 g/mol. The van der Waals surface area contributed by atoms with E-state index in [1.165, 1.54) is 51.4 Å². The molecule has 13 atom stereocenters. The third-order valence-electron chi connectivity index (χ3n) is 16.5. The number of hydrogen-bond donors (Lipinski definition) is 0. The van der Waals surface area contributed by atoms with Gasteiger partial charge in [0.25, 0.3) is 0 Å². The summed E-state index contributed by atoms with van der Waals surface area (Å²) in [6.45, 7) is 31.9. The summed E-state index contributed by atoms with van der Waals surface area (Å²) >= 11 is 0. The summed E-state index contributed by atoms with van der Waals surface area (Å²) in [5.74, 6) is 12.9. The van der Waals surface area contributed by atoms with Crippen LogP contribution in [-0.4, -0.2) is 0 Å². The fraction of sp³-hybridized carbons (Fsp3) is 1.00. The molecule has 0 heterocycles. The first-order valence-electron chi connectivity index (χ1n) is 18.6. The third kappa shape index (κ3) is 4.90. The summed E-state index contributed by atoms with van der Waals surface area (Å²) in [5, 5.41) is 0. The van der Waals surface area contributed by atoms with Gasteiger partial charge in [0.1, 0.15) is 0 Å². The van der Waals surface area contributed by atoms with E-state index in [2.05, 4.69) is 83.1 Å². The molecule has 0 aromatic heterocycles. The van der Waals surface area contributed by atoms with Crippen molar-refractivity contribution in [1.82, 2.24) is 0 Å². The lowest BCUT2D eigenvalue weighted by molar-refractivity contribution is -0.247. The zero-order valence-corrected chi connectivity index (χ0v) is 29.4. The first kappa shape index (κ1) is 31.4. The number of hydrogen-bond acceptors (Lipinski definition) is 0. The van der Waals surface area contributed by atoms with Gasteiger partial charge in [-0.2, -0.15) is 0 Å². The van der Waals surface area contributed by atoms with Crippen molar-refractivity contribution in [3.05, 3.63) is 0 Å². The van der Waals surface area contributed by atoms with Crippen LogP contribution in [-0.2, 0) is 0 Å². The highest BCUT2D eigenvalue weighted by Gasteiger charge is 2.68. The SMILES string of the molecule is CC(C)C1CCC(CCC2CCC(C)C3C(C)C4C(C)C5(C)C(C)C(C(C)C)C(C)CC5(C)CC4(C)CC23)CC1. The lowest BCUT2D eigenvalue weighted by Crippen LogP contribution is -2.67. The molecule has 0 saturated heterocycles. The second kappa shape index (κ2) is 11.2. The van der Waals surface area contributed by atoms with E-state index in [-0.39, 0.29) is 0 Å². The Hall–Kier alpha value is 0. The minimum absolute atomic E-state index is 0.464. The summed E-state index contributed by atoms with van der Waals surface area (Å²) in [6.07, 6.45) is 16.7. The molecule has 232 valence electrons. The topological polar surface area (TPSA) is 0 Å². The van der Waals surface area contributed by atoms with Crippen molar-refractivity contribution in [3.63, 3.8) is 0 Å². The summed E-state index contributed by atoms with van der Waals surface area (Å²) < 4.78 is 0. The molecule has 5 rings (SSSR count). The van der Waals surface area contributed by atoms with Crippen molar-refractivity contribution in [2.24, 2.45) is 99.1 Å². The average Bonchev–Trinajstić information content (AvgIpc) is 2.85. The highest BCUT2D eigenvalue weighted by molar-refractivity contribution is 5.17. The quantitative estimate of drug-likeness (QED) is 0.318. The zero-order chi connectivity index (χ0) is 29.4. The molecular formula is C40H72. The van der Waals surface area contributed by atoms with Crippen LogP contribution in [0.4, 0.5) is 0 Å². The Morgan fingerprint density at radius 1 is 0.675 bits per heavy atom. The molecule has 0 heteroatoms. The molecule has 0 spiro atoms. The van der Waals surface area contributed by atoms with Crippen molar-refractivity contribution < 1.29 is 0 Å². The molecule has 0 radical (unpaired) electrons. The maximum absolute atomic E-state index is 2.82. The van der Waals surface area contributed by atoms with Gasteiger partial charge in [0.15, 0.2) is 0 Å². The standard InChI is InChI=1S/C40H72/c1-24(2)32-18-14-31(15-19-32)16-20-33-17-13-26(5)36-28(7)37-30(9)40(12)29(8)35(25(3)4)27(6)21-39(40,11)23-38(37,10)22-34(33)36/h24-37H,13-23H2,1-12H3. The lowest BCUT2D eigenvalue weighted by Gasteiger charge is -2.73. The van der Waals surface area contributed by atoms with E-state index in [0.29, 0.717) is 16.2 Å². The van der Waals surface area contributed by atoms with E-state index >= 15 is 0 Å². The van der Waals surface area contributed by atoms with Crippen molar-refractivity contribution >= 4 is 0 Å². The molecule has 40 heavy (non-hydrogen) atoms. The maximum Gasteiger partial charge on any atom is -0.0215 e. The van der Waals surface area contributed by atoms with Crippen LogP contribution in [0.3, 0.4) is 0 Å². The summed E-state index contributed by atoms with van der Waals surface area (Å²) in [7, 11) is 0. The fourth-order valence-corrected chi connectivity index (χ4v) is 14.8. The smallest absolute Gasteiger partial charge is 0.0215 e. The number of fused-ring (bicyclic) bond motifs is 3. The first-order valence-corrected chi connectivity index (χ1v) is 18.6. The van der Waals surface area contributed by atoms with Crippen LogP contribution in [0.2, 0.25) is 0 Å². The molecule has 0 bridgehead atoms. The molecular weight excluding hydrogens is 480 g/mol. The summed E-state index contributed by atoms with van der Waals surface area (Å²) in [6, 6.07) is 0. The Balaban J connectivity index is 1.37. The predicted octanol–water partition coefficient (Wildman–Crippen LogP) is 12.2. The summed E-state index contributed by atoms with van der Waals surface area (Å²) in [4.78, 5) is 0. The number of rotatable bonds is 5. The van der Waals surface area contributed by atoms with Crippen molar-refractivity contribution in [2.45, 2.75) is 154 Å². The van der Waals surface area contributed by atoms with Gasteiger partial charge in [0, 0.05) is 0 Å². The van der Waals surface area contributed by atoms with Crippen LogP contribution in [0.15, 0.2) is 0 Å². The normalized spacial score (nSPS) is 55.0. The van der Waals surface area contributed by atoms with E-state index in [1.807, 2.05) is 0 Å². The van der Waals surface area contributed by atoms with Crippen LogP contribution in [0.1, 0.15) is 154 Å². The predicted molar refractivity (Wildman–Crippen MR) is 175 cm³/mol. The molecule has 0 aromatic carbocycles. The molecule has 5 aliphatic rings. The van der Waals surface area contributed by atoms with Gasteiger partial charge >= 0.3 is 0 Å².